The number of β-lactam (4-membered cyclic amide) rings is 1. The molecule has 0 radical (unpaired) electrons. The van der Waals surface area contributed by atoms with Crippen LogP contribution in [0, 0.1) is 0 Å². The standard InChI is InChI=1S/C9H10N2O3S.K/c1-2-4-3-15-8-5(10)7(12)11(8)6(4)9(13)14;/h2,5,8H,1,3,10H2,(H,13,14);/q;+1/p-1/t5?,8-;/m1./s1. The first-order valence-electron chi connectivity index (χ1n) is 4.35. The van der Waals surface area contributed by atoms with Crippen LogP contribution in [0.5, 0.6) is 0 Å². The molecule has 2 aliphatic heterocycles. The van der Waals surface area contributed by atoms with Crippen molar-refractivity contribution in [3.05, 3.63) is 23.9 Å². The Morgan fingerprint density at radius 2 is 2.31 bits per heavy atom. The Hall–Kier alpha value is 0.366. The van der Waals surface area contributed by atoms with E-state index >= 15 is 0 Å². The fraction of sp³-hybridized carbons (Fsp3) is 0.333. The van der Waals surface area contributed by atoms with Crippen LogP contribution in [0.2, 0.25) is 0 Å². The van der Waals surface area contributed by atoms with Gasteiger partial charge in [-0.2, -0.15) is 0 Å². The molecule has 80 valence electrons. The third-order valence-corrected chi connectivity index (χ3v) is 3.80. The van der Waals surface area contributed by atoms with E-state index in [0.717, 1.165) is 0 Å². The van der Waals surface area contributed by atoms with Crippen LogP contribution in [-0.4, -0.2) is 33.9 Å². The quantitative estimate of drug-likeness (QED) is 0.401. The van der Waals surface area contributed by atoms with Crippen LogP contribution in [0.3, 0.4) is 0 Å². The number of hydrogen-bond acceptors (Lipinski definition) is 5. The molecule has 1 amide bonds. The summed E-state index contributed by atoms with van der Waals surface area (Å²) in [7, 11) is 0. The van der Waals surface area contributed by atoms with E-state index in [1.165, 1.54) is 22.7 Å². The summed E-state index contributed by atoms with van der Waals surface area (Å²) in [6.45, 7) is 3.51. The molecule has 2 atom stereocenters. The summed E-state index contributed by atoms with van der Waals surface area (Å²) in [5.74, 6) is -1.23. The SMILES string of the molecule is C=CC1=C(C(=O)[O-])N2C(=O)C(N)[C@H]2SC1.[K+]. The van der Waals surface area contributed by atoms with Gasteiger partial charge in [-0.05, 0) is 5.57 Å². The second kappa shape index (κ2) is 5.34. The zero-order valence-corrected chi connectivity index (χ0v) is 12.7. The van der Waals surface area contributed by atoms with Gasteiger partial charge in [0.25, 0.3) is 0 Å². The summed E-state index contributed by atoms with van der Waals surface area (Å²) in [4.78, 5) is 23.5. The van der Waals surface area contributed by atoms with Gasteiger partial charge in [0.1, 0.15) is 11.4 Å². The number of carboxylic acids is 1. The molecule has 0 aromatic carbocycles. The topological polar surface area (TPSA) is 86.5 Å². The van der Waals surface area contributed by atoms with Crippen molar-refractivity contribution in [2.24, 2.45) is 5.73 Å². The summed E-state index contributed by atoms with van der Waals surface area (Å²) in [5, 5.41) is 10.6. The van der Waals surface area contributed by atoms with Crippen LogP contribution in [-0.2, 0) is 9.59 Å². The predicted octanol–water partition coefficient (Wildman–Crippen LogP) is -4.58. The van der Waals surface area contributed by atoms with Gasteiger partial charge in [0.05, 0.1) is 11.7 Å². The summed E-state index contributed by atoms with van der Waals surface area (Å²) < 4.78 is 0. The molecule has 7 heteroatoms. The van der Waals surface area contributed by atoms with Crippen LogP contribution >= 0.6 is 11.8 Å². The van der Waals surface area contributed by atoms with Crippen molar-refractivity contribution >= 4 is 23.6 Å². The molecule has 2 rings (SSSR count). The van der Waals surface area contributed by atoms with Gasteiger partial charge in [0.15, 0.2) is 0 Å². The zero-order chi connectivity index (χ0) is 11.2. The third kappa shape index (κ3) is 2.05. The van der Waals surface area contributed by atoms with E-state index in [1.54, 1.807) is 0 Å². The molecule has 2 N–H and O–H groups in total. The van der Waals surface area contributed by atoms with Crippen LogP contribution in [0.4, 0.5) is 0 Å². The minimum absolute atomic E-state index is 0. The van der Waals surface area contributed by atoms with E-state index in [4.69, 9.17) is 5.73 Å². The average Bonchev–Trinajstić information content (AvgIpc) is 2.25. The van der Waals surface area contributed by atoms with E-state index < -0.39 is 12.0 Å². The summed E-state index contributed by atoms with van der Waals surface area (Å²) in [6.07, 6.45) is 1.44. The molecule has 16 heavy (non-hydrogen) atoms. The maximum Gasteiger partial charge on any atom is 1.00 e. The molecule has 1 fully saturated rings. The van der Waals surface area contributed by atoms with Gasteiger partial charge in [0.2, 0.25) is 5.91 Å². The molecule has 2 heterocycles. The van der Waals surface area contributed by atoms with Gasteiger partial charge in [-0.1, -0.05) is 12.7 Å². The summed E-state index contributed by atoms with van der Waals surface area (Å²) in [5.41, 5.74) is 5.98. The molecule has 0 spiro atoms. The van der Waals surface area contributed by atoms with E-state index in [9.17, 15) is 14.7 Å². The van der Waals surface area contributed by atoms with Gasteiger partial charge in [-0.15, -0.1) is 11.8 Å². The zero-order valence-electron chi connectivity index (χ0n) is 8.80. The second-order valence-corrected chi connectivity index (χ2v) is 4.41. The first-order chi connectivity index (χ1) is 7.07. The molecule has 0 aromatic rings. The smallest absolute Gasteiger partial charge is 0.543 e. The maximum atomic E-state index is 11.4. The van der Waals surface area contributed by atoms with E-state index in [2.05, 4.69) is 6.58 Å². The Bertz CT molecular complexity index is 396. The number of carbonyl (C=O) groups excluding carboxylic acids is 2. The van der Waals surface area contributed by atoms with Crippen LogP contribution in [0.25, 0.3) is 0 Å². The fourth-order valence-corrected chi connectivity index (χ4v) is 2.97. The van der Waals surface area contributed by atoms with Crippen molar-refractivity contribution in [1.82, 2.24) is 4.90 Å². The van der Waals surface area contributed by atoms with Crippen LogP contribution < -0.4 is 62.2 Å². The molecule has 1 saturated heterocycles. The Labute approximate surface area is 140 Å². The monoisotopic (exact) mass is 264 g/mol. The molecule has 2 aliphatic rings. The minimum atomic E-state index is -1.35. The van der Waals surface area contributed by atoms with E-state index in [1.807, 2.05) is 0 Å². The number of hydrogen-bond donors (Lipinski definition) is 1. The van der Waals surface area contributed by atoms with Gasteiger partial charge < -0.3 is 15.6 Å². The Balaban J connectivity index is 0.00000128. The molecule has 0 aliphatic carbocycles. The molecule has 0 aromatic heterocycles. The normalized spacial score (nSPS) is 27.8. The van der Waals surface area contributed by atoms with Gasteiger partial charge >= 0.3 is 51.4 Å². The number of carboxylic acid groups (broad SMARTS) is 1. The van der Waals surface area contributed by atoms with Gasteiger partial charge in [-0.3, -0.25) is 9.69 Å². The Morgan fingerprint density at radius 1 is 1.69 bits per heavy atom. The molecule has 1 unspecified atom stereocenters. The van der Waals surface area contributed by atoms with Crippen molar-refractivity contribution in [2.75, 3.05) is 5.75 Å². The average molecular weight is 264 g/mol. The van der Waals surface area contributed by atoms with Crippen molar-refractivity contribution in [3.8, 4) is 0 Å². The van der Waals surface area contributed by atoms with Crippen molar-refractivity contribution < 1.29 is 66.1 Å². The Morgan fingerprint density at radius 3 is 2.81 bits per heavy atom. The number of carbonyl (C=O) groups is 2. The number of fused-ring (bicyclic) bond motifs is 1. The number of allylic oxidation sites excluding steroid dienone is 1. The summed E-state index contributed by atoms with van der Waals surface area (Å²) in [6, 6.07) is -0.601. The number of amides is 1. The predicted molar refractivity (Wildman–Crippen MR) is 53.3 cm³/mol. The molecular formula is C9H9KN2O3S. The van der Waals surface area contributed by atoms with Crippen molar-refractivity contribution in [1.29, 1.82) is 0 Å². The third-order valence-electron chi connectivity index (χ3n) is 2.48. The molecular weight excluding hydrogens is 255 g/mol. The van der Waals surface area contributed by atoms with Crippen molar-refractivity contribution in [3.63, 3.8) is 0 Å². The van der Waals surface area contributed by atoms with Crippen LogP contribution in [0.15, 0.2) is 23.9 Å². The second-order valence-electron chi connectivity index (χ2n) is 3.30. The first-order valence-corrected chi connectivity index (χ1v) is 5.40. The van der Waals surface area contributed by atoms with E-state index in [-0.39, 0.29) is 68.4 Å². The summed E-state index contributed by atoms with van der Waals surface area (Å²) >= 11 is 1.44. The number of nitrogens with zero attached hydrogens (tertiary/aromatic N) is 1. The maximum absolute atomic E-state index is 11.4. The van der Waals surface area contributed by atoms with Gasteiger partial charge in [-0.25, -0.2) is 0 Å². The number of aliphatic carboxylic acids is 1. The molecule has 5 nitrogen and oxygen atoms in total. The van der Waals surface area contributed by atoms with Gasteiger partial charge in [0, 0.05) is 5.75 Å². The largest absolute Gasteiger partial charge is 1.00 e. The van der Waals surface area contributed by atoms with Crippen LogP contribution in [0.1, 0.15) is 0 Å². The molecule has 0 saturated carbocycles. The fourth-order valence-electron chi connectivity index (χ4n) is 1.69. The number of nitrogens with two attached hydrogens (primary N) is 1. The first kappa shape index (κ1) is 14.4. The minimum Gasteiger partial charge on any atom is -0.543 e. The van der Waals surface area contributed by atoms with Crippen molar-refractivity contribution in [2.45, 2.75) is 11.4 Å². The van der Waals surface area contributed by atoms with E-state index in [0.29, 0.717) is 11.3 Å². The number of thioether (sulfide) groups is 1. The Kier molecular flexibility index (Phi) is 4.82. The number of rotatable bonds is 2. The molecule has 0 bridgehead atoms.